The average molecular weight is 378 g/mol. The highest BCUT2D eigenvalue weighted by Crippen LogP contribution is 2.22. The van der Waals surface area contributed by atoms with Crippen LogP contribution in [0.15, 0.2) is 24.3 Å². The molecule has 138 valence electrons. The first-order valence-corrected chi connectivity index (χ1v) is 11.4. The van der Waals surface area contributed by atoms with Gasteiger partial charge in [0.15, 0.2) is 0 Å². The zero-order chi connectivity index (χ0) is 18.4. The third-order valence-electron chi connectivity index (χ3n) is 3.68. The van der Waals surface area contributed by atoms with Gasteiger partial charge in [-0.15, -0.1) is 0 Å². The van der Waals surface area contributed by atoms with Gasteiger partial charge in [0.2, 0.25) is 20.0 Å². The molecule has 0 fully saturated rings. The Morgan fingerprint density at radius 2 is 1.42 bits per heavy atom. The summed E-state index contributed by atoms with van der Waals surface area (Å²) in [6.07, 6.45) is 1.11. The van der Waals surface area contributed by atoms with Crippen LogP contribution in [0.5, 0.6) is 0 Å². The van der Waals surface area contributed by atoms with E-state index < -0.39 is 20.0 Å². The Morgan fingerprint density at radius 3 is 1.83 bits per heavy atom. The molecule has 0 radical (unpaired) electrons. The van der Waals surface area contributed by atoms with Crippen molar-refractivity contribution in [3.05, 3.63) is 24.3 Å². The van der Waals surface area contributed by atoms with E-state index in [0.29, 0.717) is 5.69 Å². The quantitative estimate of drug-likeness (QED) is 0.663. The molecule has 0 saturated carbocycles. The molecule has 0 aromatic heterocycles. The number of nitrogens with zero attached hydrogens (tertiary/aromatic N) is 2. The molecule has 1 rings (SSSR count). The van der Waals surface area contributed by atoms with Gasteiger partial charge in [0.25, 0.3) is 0 Å². The van der Waals surface area contributed by atoms with E-state index in [1.165, 1.54) is 11.2 Å². The Labute approximate surface area is 145 Å². The van der Waals surface area contributed by atoms with E-state index >= 15 is 0 Å². The molecule has 0 saturated heterocycles. The molecule has 0 aliphatic rings. The van der Waals surface area contributed by atoms with E-state index in [1.807, 2.05) is 12.1 Å². The van der Waals surface area contributed by atoms with E-state index in [0.717, 1.165) is 25.0 Å². The lowest BCUT2D eigenvalue weighted by Gasteiger charge is -2.25. The molecule has 1 aromatic carbocycles. The summed E-state index contributed by atoms with van der Waals surface area (Å²) in [5.74, 6) is -0.0373. The Morgan fingerprint density at radius 1 is 0.917 bits per heavy atom. The van der Waals surface area contributed by atoms with Crippen molar-refractivity contribution >= 4 is 31.4 Å². The maximum atomic E-state index is 12.0. The first-order valence-electron chi connectivity index (χ1n) is 7.94. The second kappa shape index (κ2) is 8.68. The van der Waals surface area contributed by atoms with Crippen molar-refractivity contribution in [2.24, 2.45) is 0 Å². The van der Waals surface area contributed by atoms with Crippen molar-refractivity contribution in [1.29, 1.82) is 0 Å². The minimum atomic E-state index is -3.50. The molecule has 0 unspecified atom stereocenters. The minimum Gasteiger partial charge on any atom is -0.372 e. The summed E-state index contributed by atoms with van der Waals surface area (Å²) < 4.78 is 50.6. The largest absolute Gasteiger partial charge is 0.372 e. The van der Waals surface area contributed by atoms with Crippen molar-refractivity contribution in [1.82, 2.24) is 4.72 Å². The summed E-state index contributed by atoms with van der Waals surface area (Å²) in [4.78, 5) is 2.16. The summed E-state index contributed by atoms with van der Waals surface area (Å²) >= 11 is 0. The molecule has 0 atom stereocenters. The van der Waals surface area contributed by atoms with Crippen molar-refractivity contribution in [3.8, 4) is 0 Å². The van der Waals surface area contributed by atoms with E-state index in [1.54, 1.807) is 12.1 Å². The standard InChI is InChI=1S/C15H27N3O4S2/c1-5-17(6-2)14-8-10-15(11-9-14)18(23(4,19)20)13-12-16-24(21,22)7-3/h8-11,16H,5-7,12-13H2,1-4H3. The number of hydrogen-bond acceptors (Lipinski definition) is 5. The number of anilines is 2. The Hall–Kier alpha value is -1.32. The van der Waals surface area contributed by atoms with Crippen LogP contribution in [0.25, 0.3) is 0 Å². The number of sulfonamides is 2. The SMILES string of the molecule is CCN(CC)c1ccc(N(CCNS(=O)(=O)CC)S(C)(=O)=O)cc1. The van der Waals surface area contributed by atoms with Gasteiger partial charge in [-0.1, -0.05) is 0 Å². The lowest BCUT2D eigenvalue weighted by molar-refractivity contribution is 0.579. The summed E-state index contributed by atoms with van der Waals surface area (Å²) in [7, 11) is -6.85. The molecule has 0 bridgehead atoms. The van der Waals surface area contributed by atoms with Crippen molar-refractivity contribution in [2.45, 2.75) is 20.8 Å². The second-order valence-electron chi connectivity index (χ2n) is 5.32. The third-order valence-corrected chi connectivity index (χ3v) is 6.28. The van der Waals surface area contributed by atoms with Gasteiger partial charge in [-0.3, -0.25) is 4.31 Å². The molecule has 0 amide bonds. The Balaban J connectivity index is 2.94. The fourth-order valence-corrected chi connectivity index (χ4v) is 3.84. The zero-order valence-electron chi connectivity index (χ0n) is 14.7. The molecule has 0 aliphatic heterocycles. The first kappa shape index (κ1) is 20.7. The fourth-order valence-electron chi connectivity index (χ4n) is 2.31. The van der Waals surface area contributed by atoms with Crippen LogP contribution in [-0.2, 0) is 20.0 Å². The molecule has 24 heavy (non-hydrogen) atoms. The van der Waals surface area contributed by atoms with Crippen molar-refractivity contribution < 1.29 is 16.8 Å². The first-order chi connectivity index (χ1) is 11.1. The van der Waals surface area contributed by atoms with Crippen molar-refractivity contribution in [3.63, 3.8) is 0 Å². The van der Waals surface area contributed by atoms with Crippen LogP contribution in [0.3, 0.4) is 0 Å². The van der Waals surface area contributed by atoms with Crippen LogP contribution in [0.1, 0.15) is 20.8 Å². The van der Waals surface area contributed by atoms with Gasteiger partial charge in [-0.2, -0.15) is 0 Å². The fraction of sp³-hybridized carbons (Fsp3) is 0.600. The van der Waals surface area contributed by atoms with Gasteiger partial charge in [-0.05, 0) is 45.0 Å². The average Bonchev–Trinajstić information content (AvgIpc) is 2.52. The van der Waals surface area contributed by atoms with Crippen LogP contribution in [0, 0.1) is 0 Å². The topological polar surface area (TPSA) is 86.8 Å². The van der Waals surface area contributed by atoms with Crippen LogP contribution in [0.2, 0.25) is 0 Å². The summed E-state index contributed by atoms with van der Waals surface area (Å²) in [6.45, 7) is 7.45. The molecular formula is C15H27N3O4S2. The number of rotatable bonds is 10. The number of hydrogen-bond donors (Lipinski definition) is 1. The smallest absolute Gasteiger partial charge is 0.232 e. The van der Waals surface area contributed by atoms with Crippen LogP contribution in [-0.4, -0.2) is 55.0 Å². The summed E-state index contributed by atoms with van der Waals surface area (Å²) in [5, 5.41) is 0. The maximum Gasteiger partial charge on any atom is 0.232 e. The molecule has 1 aromatic rings. The monoisotopic (exact) mass is 377 g/mol. The predicted octanol–water partition coefficient (Wildman–Crippen LogP) is 1.24. The van der Waals surface area contributed by atoms with Crippen LogP contribution >= 0.6 is 0 Å². The highest BCUT2D eigenvalue weighted by Gasteiger charge is 2.18. The van der Waals surface area contributed by atoms with E-state index in [4.69, 9.17) is 0 Å². The minimum absolute atomic E-state index is 0.0288. The Kier molecular flexibility index (Phi) is 7.50. The lowest BCUT2D eigenvalue weighted by Crippen LogP contribution is -2.38. The molecule has 7 nitrogen and oxygen atoms in total. The Bertz CT molecular complexity index is 712. The highest BCUT2D eigenvalue weighted by atomic mass is 32.2. The van der Waals surface area contributed by atoms with E-state index in [9.17, 15) is 16.8 Å². The number of benzene rings is 1. The molecular weight excluding hydrogens is 350 g/mol. The van der Waals surface area contributed by atoms with Gasteiger partial charge >= 0.3 is 0 Å². The lowest BCUT2D eigenvalue weighted by atomic mass is 10.2. The maximum absolute atomic E-state index is 12.0. The highest BCUT2D eigenvalue weighted by molar-refractivity contribution is 7.92. The van der Waals surface area contributed by atoms with E-state index in [2.05, 4.69) is 23.5 Å². The van der Waals surface area contributed by atoms with Gasteiger partial charge < -0.3 is 4.90 Å². The third kappa shape index (κ3) is 5.95. The van der Waals surface area contributed by atoms with Gasteiger partial charge in [0.05, 0.1) is 17.7 Å². The number of nitrogens with one attached hydrogen (secondary N) is 1. The molecule has 0 heterocycles. The second-order valence-corrected chi connectivity index (χ2v) is 9.32. The van der Waals surface area contributed by atoms with Crippen LogP contribution in [0.4, 0.5) is 11.4 Å². The van der Waals surface area contributed by atoms with Crippen molar-refractivity contribution in [2.75, 3.05) is 47.4 Å². The molecule has 0 aliphatic carbocycles. The van der Waals surface area contributed by atoms with Gasteiger partial charge in [0, 0.05) is 31.9 Å². The van der Waals surface area contributed by atoms with Gasteiger partial charge in [-0.25, -0.2) is 21.6 Å². The van der Waals surface area contributed by atoms with E-state index in [-0.39, 0.29) is 18.8 Å². The summed E-state index contributed by atoms with van der Waals surface area (Å²) in [5.41, 5.74) is 1.54. The predicted molar refractivity (Wildman–Crippen MR) is 99.7 cm³/mol. The zero-order valence-corrected chi connectivity index (χ0v) is 16.3. The summed E-state index contributed by atoms with van der Waals surface area (Å²) in [6, 6.07) is 7.22. The molecule has 0 spiro atoms. The molecule has 9 heteroatoms. The van der Waals surface area contributed by atoms with Crippen LogP contribution < -0.4 is 13.9 Å². The normalized spacial score (nSPS) is 12.2. The molecule has 1 N–H and O–H groups in total. The van der Waals surface area contributed by atoms with Gasteiger partial charge in [0.1, 0.15) is 0 Å².